The van der Waals surface area contributed by atoms with Crippen molar-refractivity contribution in [1.29, 1.82) is 0 Å². The minimum Gasteiger partial charge on any atom is -0.394 e. The second-order valence-corrected chi connectivity index (χ2v) is 6.21. The summed E-state index contributed by atoms with van der Waals surface area (Å²) in [5, 5.41) is 0. The van der Waals surface area contributed by atoms with Crippen LogP contribution in [0.4, 0.5) is 27.6 Å². The summed E-state index contributed by atoms with van der Waals surface area (Å²) in [7, 11) is 0. The van der Waals surface area contributed by atoms with Gasteiger partial charge in [0.1, 0.15) is 11.4 Å². The van der Waals surface area contributed by atoms with Crippen molar-refractivity contribution in [2.24, 2.45) is 0 Å². The lowest BCUT2D eigenvalue weighted by Gasteiger charge is -2.23. The van der Waals surface area contributed by atoms with Crippen LogP contribution in [0.25, 0.3) is 11.4 Å². The van der Waals surface area contributed by atoms with Gasteiger partial charge in [0.2, 0.25) is 0 Å². The molecule has 0 atom stereocenters. The van der Waals surface area contributed by atoms with Gasteiger partial charge in [0.15, 0.2) is 0 Å². The maximum Gasteiger partial charge on any atom is 0.458 e. The topological polar surface area (TPSA) is 73.8 Å². The molecule has 0 bridgehead atoms. The zero-order chi connectivity index (χ0) is 21.2. The molecule has 3 rings (SSSR count). The van der Waals surface area contributed by atoms with E-state index in [-0.39, 0.29) is 17.9 Å². The summed E-state index contributed by atoms with van der Waals surface area (Å²) in [4.78, 5) is 20.4. The van der Waals surface area contributed by atoms with Gasteiger partial charge in [-0.25, -0.2) is 0 Å². The van der Waals surface area contributed by atoms with Crippen LogP contribution in [0, 0.1) is 0 Å². The van der Waals surface area contributed by atoms with E-state index in [9.17, 15) is 26.7 Å². The molecule has 152 valence electrons. The van der Waals surface area contributed by atoms with E-state index < -0.39 is 28.9 Å². The molecule has 1 aromatic carbocycles. The molecule has 2 aromatic heterocycles. The monoisotopic (exact) mass is 410 g/mol. The van der Waals surface area contributed by atoms with Crippen molar-refractivity contribution in [3.05, 3.63) is 76.5 Å². The highest BCUT2D eigenvalue weighted by molar-refractivity contribution is 5.61. The molecule has 0 aliphatic rings. The molecule has 0 radical (unpaired) electrons. The first kappa shape index (κ1) is 20.4. The summed E-state index contributed by atoms with van der Waals surface area (Å²) in [6, 6.07) is 9.50. The molecular weight excluding hydrogens is 395 g/mol. The van der Waals surface area contributed by atoms with Crippen molar-refractivity contribution in [2.75, 3.05) is 5.73 Å². The van der Waals surface area contributed by atoms with Gasteiger partial charge in [-0.1, -0.05) is 30.3 Å². The molecule has 5 nitrogen and oxygen atoms in total. The highest BCUT2D eigenvalue weighted by atomic mass is 19.4. The van der Waals surface area contributed by atoms with E-state index in [4.69, 9.17) is 5.73 Å². The zero-order valence-corrected chi connectivity index (χ0v) is 14.8. The maximum atomic E-state index is 14.0. The summed E-state index contributed by atoms with van der Waals surface area (Å²) in [5.74, 6) is -5.30. The summed E-state index contributed by atoms with van der Waals surface area (Å²) in [6.45, 7) is -0.00315. The molecule has 0 saturated heterocycles. The molecule has 0 unspecified atom stereocenters. The number of alkyl halides is 5. The predicted molar refractivity (Wildman–Crippen MR) is 96.2 cm³/mol. The number of hydrogen-bond acceptors (Lipinski definition) is 4. The number of hydrogen-bond donors (Lipinski definition) is 1. The van der Waals surface area contributed by atoms with Crippen LogP contribution in [-0.2, 0) is 18.9 Å². The molecule has 0 aliphatic heterocycles. The fourth-order valence-corrected chi connectivity index (χ4v) is 2.83. The van der Waals surface area contributed by atoms with Crippen molar-refractivity contribution < 1.29 is 22.0 Å². The number of nitrogens with two attached hydrogens (primary N) is 1. The SMILES string of the molecule is Nc1c(C(F)(F)C(F)(F)F)cc(-c2cnccn2)n(CCc2ccccc2)c1=O. The van der Waals surface area contributed by atoms with E-state index >= 15 is 0 Å². The Morgan fingerprint density at radius 1 is 1.03 bits per heavy atom. The Bertz CT molecular complexity index is 1050. The first-order chi connectivity index (χ1) is 13.6. The van der Waals surface area contributed by atoms with Crippen LogP contribution in [0.15, 0.2) is 59.8 Å². The third-order valence-electron chi connectivity index (χ3n) is 4.32. The van der Waals surface area contributed by atoms with Crippen molar-refractivity contribution in [1.82, 2.24) is 14.5 Å². The fraction of sp³-hybridized carbons (Fsp3) is 0.211. The van der Waals surface area contributed by atoms with Crippen LogP contribution in [0.3, 0.4) is 0 Å². The molecule has 2 N–H and O–H groups in total. The van der Waals surface area contributed by atoms with E-state index in [0.717, 1.165) is 10.1 Å². The van der Waals surface area contributed by atoms with Gasteiger partial charge in [0, 0.05) is 18.9 Å². The average Bonchev–Trinajstić information content (AvgIpc) is 2.69. The van der Waals surface area contributed by atoms with Crippen molar-refractivity contribution in [3.8, 4) is 11.4 Å². The van der Waals surface area contributed by atoms with E-state index in [0.29, 0.717) is 12.5 Å². The number of anilines is 1. The lowest BCUT2D eigenvalue weighted by molar-refractivity contribution is -0.289. The fourth-order valence-electron chi connectivity index (χ4n) is 2.83. The Morgan fingerprint density at radius 3 is 2.31 bits per heavy atom. The molecule has 29 heavy (non-hydrogen) atoms. The van der Waals surface area contributed by atoms with Crippen LogP contribution >= 0.6 is 0 Å². The second-order valence-electron chi connectivity index (χ2n) is 6.21. The second kappa shape index (κ2) is 7.61. The van der Waals surface area contributed by atoms with Gasteiger partial charge in [0.25, 0.3) is 5.56 Å². The largest absolute Gasteiger partial charge is 0.458 e. The van der Waals surface area contributed by atoms with Crippen molar-refractivity contribution in [3.63, 3.8) is 0 Å². The first-order valence-corrected chi connectivity index (χ1v) is 8.41. The predicted octanol–water partition coefficient (Wildman–Crippen LogP) is 3.78. The maximum absolute atomic E-state index is 14.0. The molecule has 2 heterocycles. The molecule has 0 fully saturated rings. The third kappa shape index (κ3) is 3.96. The summed E-state index contributed by atoms with van der Waals surface area (Å²) in [5.41, 5.74) is 2.10. The Morgan fingerprint density at radius 2 is 1.72 bits per heavy atom. The van der Waals surface area contributed by atoms with E-state index in [1.807, 2.05) is 0 Å². The van der Waals surface area contributed by atoms with Crippen molar-refractivity contribution in [2.45, 2.75) is 25.1 Å². The number of aromatic nitrogens is 3. The first-order valence-electron chi connectivity index (χ1n) is 8.41. The van der Waals surface area contributed by atoms with Gasteiger partial charge in [0.05, 0.1) is 17.5 Å². The number of rotatable bonds is 5. The third-order valence-corrected chi connectivity index (χ3v) is 4.32. The Balaban J connectivity index is 2.17. The van der Waals surface area contributed by atoms with Gasteiger partial charge in [-0.05, 0) is 18.1 Å². The standard InChI is InChI=1S/C19H15F5N4O/c20-18(21,19(22,23)24)13-10-15(14-11-26-7-8-27-14)28(17(29)16(13)25)9-6-12-4-2-1-3-5-12/h1-5,7-8,10-11H,6,9,25H2. The van der Waals surface area contributed by atoms with E-state index in [2.05, 4.69) is 9.97 Å². The highest BCUT2D eigenvalue weighted by Crippen LogP contribution is 2.45. The van der Waals surface area contributed by atoms with Crippen LogP contribution in [-0.4, -0.2) is 20.7 Å². The number of pyridine rings is 1. The van der Waals surface area contributed by atoms with E-state index in [1.165, 1.54) is 18.6 Å². The van der Waals surface area contributed by atoms with Gasteiger partial charge in [-0.3, -0.25) is 14.8 Å². The minimum atomic E-state index is -5.91. The van der Waals surface area contributed by atoms with Gasteiger partial charge in [-0.15, -0.1) is 0 Å². The smallest absolute Gasteiger partial charge is 0.394 e. The molecule has 0 spiro atoms. The molecule has 3 aromatic rings. The number of aryl methyl sites for hydroxylation is 1. The van der Waals surface area contributed by atoms with Crippen LogP contribution in [0.1, 0.15) is 11.1 Å². The molecule has 0 aliphatic carbocycles. The number of halogens is 5. The van der Waals surface area contributed by atoms with Gasteiger partial charge < -0.3 is 10.3 Å². The van der Waals surface area contributed by atoms with Gasteiger partial charge in [-0.2, -0.15) is 22.0 Å². The van der Waals surface area contributed by atoms with Crippen LogP contribution in [0.5, 0.6) is 0 Å². The Labute approximate surface area is 161 Å². The zero-order valence-electron chi connectivity index (χ0n) is 14.8. The average molecular weight is 410 g/mol. The molecule has 10 heteroatoms. The van der Waals surface area contributed by atoms with Gasteiger partial charge >= 0.3 is 12.1 Å². The molecule has 0 saturated carbocycles. The molecular formula is C19H15F5N4O. The quantitative estimate of drug-likeness (QED) is 0.650. The lowest BCUT2D eigenvalue weighted by atomic mass is 10.0. The summed E-state index contributed by atoms with van der Waals surface area (Å²) < 4.78 is 67.7. The Kier molecular flexibility index (Phi) is 5.36. The minimum absolute atomic E-state index is 0.00315. The lowest BCUT2D eigenvalue weighted by Crippen LogP contribution is -2.37. The number of benzene rings is 1. The van der Waals surface area contributed by atoms with E-state index in [1.54, 1.807) is 30.3 Å². The number of nitrogens with zero attached hydrogens (tertiary/aromatic N) is 3. The van der Waals surface area contributed by atoms with Crippen LogP contribution in [0.2, 0.25) is 0 Å². The Hall–Kier alpha value is -3.30. The summed E-state index contributed by atoms with van der Waals surface area (Å²) in [6.07, 6.45) is -1.89. The van der Waals surface area contributed by atoms with Crippen molar-refractivity contribution >= 4 is 5.69 Å². The normalized spacial score (nSPS) is 12.2. The number of nitrogen functional groups attached to an aromatic ring is 1. The van der Waals surface area contributed by atoms with Crippen LogP contribution < -0.4 is 11.3 Å². The summed E-state index contributed by atoms with van der Waals surface area (Å²) >= 11 is 0. The molecule has 0 amide bonds. The highest BCUT2D eigenvalue weighted by Gasteiger charge is 2.60.